The summed E-state index contributed by atoms with van der Waals surface area (Å²) in [5.74, 6) is -4.36. The molecule has 2 atom stereocenters. The lowest BCUT2D eigenvalue weighted by Gasteiger charge is -2.13. The average molecular weight is 275 g/mol. The van der Waals surface area contributed by atoms with Crippen molar-refractivity contribution in [3.63, 3.8) is 0 Å². The third-order valence-electron chi connectivity index (χ3n) is 2.91. The molecule has 7 heteroatoms. The van der Waals surface area contributed by atoms with Gasteiger partial charge in [0.15, 0.2) is 17.7 Å². The third-order valence-corrected chi connectivity index (χ3v) is 2.91. The molecule has 2 rings (SSSR count). The minimum absolute atomic E-state index is 0.131. The van der Waals surface area contributed by atoms with Crippen LogP contribution in [0.15, 0.2) is 12.1 Å². The smallest absolute Gasteiger partial charge is 0.332 e. The number of hydrogen-bond donors (Lipinski definition) is 2. The zero-order valence-corrected chi connectivity index (χ0v) is 9.83. The highest BCUT2D eigenvalue weighted by atomic mass is 19.2. The molecule has 2 unspecified atom stereocenters. The van der Waals surface area contributed by atoms with E-state index in [4.69, 9.17) is 9.84 Å². The number of anilines is 1. The number of carbonyl (C=O) groups is 1. The number of ether oxygens (including phenoxy) is 1. The highest BCUT2D eigenvalue weighted by Gasteiger charge is 2.30. The average Bonchev–Trinajstić information content (AvgIpc) is 2.81. The first-order valence-electron chi connectivity index (χ1n) is 5.74. The summed E-state index contributed by atoms with van der Waals surface area (Å²) in [5, 5.41) is 11.3. The van der Waals surface area contributed by atoms with Gasteiger partial charge in [0.25, 0.3) is 0 Å². The van der Waals surface area contributed by atoms with Gasteiger partial charge in [-0.05, 0) is 12.8 Å². The van der Waals surface area contributed by atoms with Crippen molar-refractivity contribution >= 4 is 11.7 Å². The largest absolute Gasteiger partial charge is 0.479 e. The molecule has 2 N–H and O–H groups in total. The number of hydrogen-bond acceptors (Lipinski definition) is 3. The Kier molecular flexibility index (Phi) is 3.94. The van der Waals surface area contributed by atoms with Crippen LogP contribution in [-0.2, 0) is 9.53 Å². The maximum absolute atomic E-state index is 13.3. The van der Waals surface area contributed by atoms with Crippen molar-refractivity contribution in [3.05, 3.63) is 29.6 Å². The number of aliphatic carboxylic acids is 1. The Hall–Kier alpha value is -1.76. The molecule has 1 aliphatic heterocycles. The van der Waals surface area contributed by atoms with E-state index in [1.807, 2.05) is 0 Å². The number of nitrogens with one attached hydrogen (secondary N) is 1. The number of rotatable bonds is 4. The van der Waals surface area contributed by atoms with Crippen molar-refractivity contribution in [2.75, 3.05) is 11.9 Å². The maximum atomic E-state index is 13.3. The SMILES string of the molecule is O=C(O)C1CCC(CNc2cc(F)c(F)cc2F)O1. The van der Waals surface area contributed by atoms with Crippen LogP contribution < -0.4 is 5.32 Å². The summed E-state index contributed by atoms with van der Waals surface area (Å²) >= 11 is 0. The van der Waals surface area contributed by atoms with E-state index in [9.17, 15) is 18.0 Å². The van der Waals surface area contributed by atoms with E-state index in [0.717, 1.165) is 0 Å². The summed E-state index contributed by atoms with van der Waals surface area (Å²) in [4.78, 5) is 10.7. The second-order valence-electron chi connectivity index (χ2n) is 4.29. The minimum atomic E-state index is -1.26. The molecule has 1 aliphatic rings. The number of carboxylic acid groups (broad SMARTS) is 1. The summed E-state index contributed by atoms with van der Waals surface area (Å²) < 4.78 is 44.1. The van der Waals surface area contributed by atoms with Crippen LogP contribution in [0, 0.1) is 17.5 Å². The van der Waals surface area contributed by atoms with Crippen LogP contribution in [0.5, 0.6) is 0 Å². The van der Waals surface area contributed by atoms with Gasteiger partial charge < -0.3 is 15.2 Å². The van der Waals surface area contributed by atoms with Crippen molar-refractivity contribution < 1.29 is 27.8 Å². The van der Waals surface area contributed by atoms with E-state index < -0.39 is 35.6 Å². The Labute approximate surface area is 107 Å². The second-order valence-corrected chi connectivity index (χ2v) is 4.29. The van der Waals surface area contributed by atoms with Crippen molar-refractivity contribution in [3.8, 4) is 0 Å². The standard InChI is InChI=1S/C12H12F3NO3/c13-7-3-9(15)10(4-8(7)14)16-5-6-1-2-11(19-6)12(17)18/h3-4,6,11,16H,1-2,5H2,(H,17,18). The fourth-order valence-corrected chi connectivity index (χ4v) is 1.92. The van der Waals surface area contributed by atoms with E-state index in [1.165, 1.54) is 0 Å². The lowest BCUT2D eigenvalue weighted by Crippen LogP contribution is -2.24. The maximum Gasteiger partial charge on any atom is 0.332 e. The topological polar surface area (TPSA) is 58.6 Å². The predicted molar refractivity (Wildman–Crippen MR) is 60.3 cm³/mol. The van der Waals surface area contributed by atoms with Gasteiger partial charge in [0, 0.05) is 18.7 Å². The Balaban J connectivity index is 1.93. The van der Waals surface area contributed by atoms with Gasteiger partial charge in [-0.15, -0.1) is 0 Å². The van der Waals surface area contributed by atoms with Gasteiger partial charge in [0.05, 0.1) is 11.8 Å². The molecule has 0 bridgehead atoms. The van der Waals surface area contributed by atoms with E-state index >= 15 is 0 Å². The first kappa shape index (κ1) is 13.7. The lowest BCUT2D eigenvalue weighted by molar-refractivity contribution is -0.149. The molecule has 0 spiro atoms. The van der Waals surface area contributed by atoms with Crippen LogP contribution in [0.25, 0.3) is 0 Å². The van der Waals surface area contributed by atoms with E-state index in [-0.39, 0.29) is 12.2 Å². The summed E-state index contributed by atoms with van der Waals surface area (Å²) in [6.07, 6.45) is -0.368. The summed E-state index contributed by atoms with van der Waals surface area (Å²) in [6, 6.07) is 1.17. The zero-order valence-electron chi connectivity index (χ0n) is 9.83. The van der Waals surface area contributed by atoms with Crippen LogP contribution in [0.2, 0.25) is 0 Å². The monoisotopic (exact) mass is 275 g/mol. The first-order chi connectivity index (χ1) is 8.97. The van der Waals surface area contributed by atoms with Gasteiger partial charge in [-0.25, -0.2) is 18.0 Å². The van der Waals surface area contributed by atoms with Crippen molar-refractivity contribution in [1.82, 2.24) is 0 Å². The van der Waals surface area contributed by atoms with Gasteiger partial charge in [-0.2, -0.15) is 0 Å². The molecule has 1 fully saturated rings. The molecule has 1 heterocycles. The number of halogens is 3. The molecule has 0 aliphatic carbocycles. The summed E-state index contributed by atoms with van der Waals surface area (Å²) in [5.41, 5.74) is -0.179. The molecule has 0 amide bonds. The summed E-state index contributed by atoms with van der Waals surface area (Å²) in [7, 11) is 0. The Morgan fingerprint density at radius 2 is 1.95 bits per heavy atom. The van der Waals surface area contributed by atoms with Gasteiger partial charge >= 0.3 is 5.97 Å². The zero-order chi connectivity index (χ0) is 14.0. The van der Waals surface area contributed by atoms with Crippen LogP contribution in [0.1, 0.15) is 12.8 Å². The van der Waals surface area contributed by atoms with Gasteiger partial charge in [-0.1, -0.05) is 0 Å². The Morgan fingerprint density at radius 3 is 2.58 bits per heavy atom. The molecule has 1 aromatic rings. The quantitative estimate of drug-likeness (QED) is 0.827. The minimum Gasteiger partial charge on any atom is -0.479 e. The van der Waals surface area contributed by atoms with E-state index in [2.05, 4.69) is 5.32 Å². The van der Waals surface area contributed by atoms with Crippen LogP contribution >= 0.6 is 0 Å². The summed E-state index contributed by atoms with van der Waals surface area (Å²) in [6.45, 7) is 0.131. The molecular formula is C12H12F3NO3. The molecule has 0 aromatic heterocycles. The fraction of sp³-hybridized carbons (Fsp3) is 0.417. The van der Waals surface area contributed by atoms with E-state index in [0.29, 0.717) is 25.0 Å². The van der Waals surface area contributed by atoms with Crippen LogP contribution in [0.4, 0.5) is 18.9 Å². The fourth-order valence-electron chi connectivity index (χ4n) is 1.92. The van der Waals surface area contributed by atoms with Crippen molar-refractivity contribution in [2.45, 2.75) is 25.0 Å². The number of carboxylic acids is 1. The molecule has 4 nitrogen and oxygen atoms in total. The normalized spacial score (nSPS) is 22.5. The molecule has 19 heavy (non-hydrogen) atoms. The Morgan fingerprint density at radius 1 is 1.26 bits per heavy atom. The van der Waals surface area contributed by atoms with Gasteiger partial charge in [0.1, 0.15) is 5.82 Å². The predicted octanol–water partition coefficient (Wildman–Crippen LogP) is 2.15. The van der Waals surface area contributed by atoms with Crippen molar-refractivity contribution in [2.24, 2.45) is 0 Å². The highest BCUT2D eigenvalue weighted by molar-refractivity contribution is 5.72. The molecule has 0 radical (unpaired) electrons. The highest BCUT2D eigenvalue weighted by Crippen LogP contribution is 2.22. The van der Waals surface area contributed by atoms with Crippen molar-refractivity contribution in [1.29, 1.82) is 0 Å². The van der Waals surface area contributed by atoms with Gasteiger partial charge in [0.2, 0.25) is 0 Å². The molecular weight excluding hydrogens is 263 g/mol. The third kappa shape index (κ3) is 3.17. The van der Waals surface area contributed by atoms with Crippen LogP contribution in [-0.4, -0.2) is 29.8 Å². The van der Waals surface area contributed by atoms with Gasteiger partial charge in [-0.3, -0.25) is 0 Å². The lowest BCUT2D eigenvalue weighted by atomic mass is 10.2. The number of benzene rings is 1. The Bertz CT molecular complexity index is 495. The van der Waals surface area contributed by atoms with Crippen LogP contribution in [0.3, 0.4) is 0 Å². The van der Waals surface area contributed by atoms with E-state index in [1.54, 1.807) is 0 Å². The first-order valence-corrected chi connectivity index (χ1v) is 5.74. The molecule has 0 saturated carbocycles. The molecule has 104 valence electrons. The molecule has 1 saturated heterocycles. The second kappa shape index (κ2) is 5.48. The molecule has 1 aromatic carbocycles.